The van der Waals surface area contributed by atoms with Gasteiger partial charge in [-0.25, -0.2) is 9.97 Å². The van der Waals surface area contributed by atoms with E-state index in [0.717, 1.165) is 5.69 Å². The molecule has 0 atom stereocenters. The minimum absolute atomic E-state index is 0.199. The topological polar surface area (TPSA) is 91.8 Å². The van der Waals surface area contributed by atoms with Gasteiger partial charge in [0.2, 0.25) is 0 Å². The van der Waals surface area contributed by atoms with Crippen molar-refractivity contribution in [3.8, 4) is 0 Å². The van der Waals surface area contributed by atoms with Crippen LogP contribution in [0, 0.1) is 6.92 Å². The predicted molar refractivity (Wildman–Crippen MR) is 89.5 cm³/mol. The van der Waals surface area contributed by atoms with E-state index in [9.17, 15) is 9.59 Å². The minimum atomic E-state index is -0.249. The average molecular weight is 323 g/mol. The molecule has 0 aliphatic rings. The Morgan fingerprint density at radius 3 is 2.71 bits per heavy atom. The molecule has 0 fully saturated rings. The summed E-state index contributed by atoms with van der Waals surface area (Å²) in [7, 11) is 0. The molecule has 0 saturated heterocycles. The lowest BCUT2D eigenvalue weighted by atomic mass is 10.2. The molecule has 2 heterocycles. The van der Waals surface area contributed by atoms with E-state index in [0.29, 0.717) is 23.3 Å². The molecule has 1 aromatic carbocycles. The van der Waals surface area contributed by atoms with Crippen molar-refractivity contribution in [2.45, 2.75) is 20.4 Å². The number of benzene rings is 1. The Kier molecular flexibility index (Phi) is 4.33. The molecule has 7 heteroatoms. The third-order valence-electron chi connectivity index (χ3n) is 3.67. The highest BCUT2D eigenvalue weighted by Crippen LogP contribution is 2.09. The largest absolute Gasteiger partial charge is 0.330 e. The van der Waals surface area contributed by atoms with Crippen LogP contribution in [0.5, 0.6) is 0 Å². The lowest BCUT2D eigenvalue weighted by Gasteiger charge is -2.19. The van der Waals surface area contributed by atoms with Gasteiger partial charge in [0, 0.05) is 12.7 Å². The summed E-state index contributed by atoms with van der Waals surface area (Å²) in [6, 6.07) is 7.10. The molecule has 0 bridgehead atoms. The number of H-pyrrole nitrogens is 1. The highest BCUT2D eigenvalue weighted by molar-refractivity contribution is 5.91. The number of nitrogens with zero attached hydrogens (tertiary/aromatic N) is 4. The van der Waals surface area contributed by atoms with E-state index in [4.69, 9.17) is 0 Å². The maximum Gasteiger partial charge on any atom is 0.274 e. The molecule has 122 valence electrons. The van der Waals surface area contributed by atoms with Crippen LogP contribution in [0.2, 0.25) is 0 Å². The summed E-state index contributed by atoms with van der Waals surface area (Å²) in [5.74, 6) is 0.190. The molecule has 0 spiro atoms. The lowest BCUT2D eigenvalue weighted by Crippen LogP contribution is -2.32. The molecule has 1 N–H and O–H groups in total. The van der Waals surface area contributed by atoms with Gasteiger partial charge >= 0.3 is 0 Å². The molecule has 0 aliphatic heterocycles. The Morgan fingerprint density at radius 2 is 2.00 bits per heavy atom. The number of hydrogen-bond acceptors (Lipinski definition) is 5. The summed E-state index contributed by atoms with van der Waals surface area (Å²) in [5.41, 5.74) is 1.41. The number of amides is 1. The van der Waals surface area contributed by atoms with Crippen molar-refractivity contribution in [2.75, 3.05) is 6.54 Å². The van der Waals surface area contributed by atoms with E-state index < -0.39 is 0 Å². The van der Waals surface area contributed by atoms with Gasteiger partial charge in [0.1, 0.15) is 11.5 Å². The molecule has 0 aliphatic carbocycles. The van der Waals surface area contributed by atoms with Crippen LogP contribution in [0.1, 0.15) is 28.9 Å². The number of fused-ring (bicyclic) bond motifs is 1. The van der Waals surface area contributed by atoms with Crippen molar-refractivity contribution in [3.63, 3.8) is 0 Å². The highest BCUT2D eigenvalue weighted by Gasteiger charge is 2.17. The van der Waals surface area contributed by atoms with E-state index in [2.05, 4.69) is 19.9 Å². The first-order valence-corrected chi connectivity index (χ1v) is 7.64. The molecule has 3 aromatic rings. The number of hydrogen-bond donors (Lipinski definition) is 1. The van der Waals surface area contributed by atoms with Gasteiger partial charge in [0.05, 0.1) is 29.3 Å². The average Bonchev–Trinajstić information content (AvgIpc) is 2.60. The van der Waals surface area contributed by atoms with Crippen molar-refractivity contribution in [1.82, 2.24) is 24.8 Å². The Bertz CT molecular complexity index is 934. The number of carbonyl (C=O) groups excluding carboxylic acids is 1. The van der Waals surface area contributed by atoms with Gasteiger partial charge in [0.25, 0.3) is 11.5 Å². The third kappa shape index (κ3) is 3.15. The molecule has 7 nitrogen and oxygen atoms in total. The summed E-state index contributed by atoms with van der Waals surface area (Å²) in [6.07, 6.45) is 3.01. The standard InChI is InChI=1S/C17H17N5O2/c1-3-22(17(24)14-9-18-11(2)8-19-14)10-15-20-13-7-5-4-6-12(13)16(23)21-15/h4-9H,3,10H2,1-2H3,(H,20,21,23). The van der Waals surface area contributed by atoms with Gasteiger partial charge in [-0.3, -0.25) is 14.6 Å². The van der Waals surface area contributed by atoms with E-state index in [1.807, 2.05) is 19.9 Å². The maximum absolute atomic E-state index is 12.5. The van der Waals surface area contributed by atoms with Crippen LogP contribution in [0.4, 0.5) is 0 Å². The summed E-state index contributed by atoms with van der Waals surface area (Å²) in [5, 5.41) is 0.528. The van der Waals surface area contributed by atoms with E-state index in [1.165, 1.54) is 6.20 Å². The summed E-state index contributed by atoms with van der Waals surface area (Å²) < 4.78 is 0. The van der Waals surface area contributed by atoms with Crippen LogP contribution in [0.3, 0.4) is 0 Å². The fourth-order valence-corrected chi connectivity index (χ4v) is 2.38. The number of rotatable bonds is 4. The molecule has 24 heavy (non-hydrogen) atoms. The zero-order valence-electron chi connectivity index (χ0n) is 13.5. The Labute approximate surface area is 138 Å². The fraction of sp³-hybridized carbons (Fsp3) is 0.235. The maximum atomic E-state index is 12.5. The third-order valence-corrected chi connectivity index (χ3v) is 3.67. The van der Waals surface area contributed by atoms with Crippen LogP contribution in [0.15, 0.2) is 41.5 Å². The first-order chi connectivity index (χ1) is 11.6. The SMILES string of the molecule is CCN(Cc1nc2ccccc2c(=O)[nH]1)C(=O)c1cnc(C)cn1. The van der Waals surface area contributed by atoms with E-state index in [-0.39, 0.29) is 23.7 Å². The molecule has 3 rings (SSSR count). The molecule has 1 amide bonds. The Hall–Kier alpha value is -3.09. The van der Waals surface area contributed by atoms with Crippen molar-refractivity contribution in [2.24, 2.45) is 0 Å². The van der Waals surface area contributed by atoms with Crippen molar-refractivity contribution in [1.29, 1.82) is 0 Å². The number of nitrogens with one attached hydrogen (secondary N) is 1. The zero-order valence-corrected chi connectivity index (χ0v) is 13.5. The second-order valence-electron chi connectivity index (χ2n) is 5.39. The smallest absolute Gasteiger partial charge is 0.274 e. The normalized spacial score (nSPS) is 10.8. The molecular formula is C17H17N5O2. The van der Waals surface area contributed by atoms with Crippen LogP contribution in [-0.4, -0.2) is 37.3 Å². The van der Waals surface area contributed by atoms with Crippen LogP contribution in [-0.2, 0) is 6.54 Å². The van der Waals surface area contributed by atoms with Crippen LogP contribution >= 0.6 is 0 Å². The van der Waals surface area contributed by atoms with Crippen molar-refractivity contribution in [3.05, 3.63) is 64.2 Å². The fourth-order valence-electron chi connectivity index (χ4n) is 2.38. The minimum Gasteiger partial charge on any atom is -0.330 e. The monoisotopic (exact) mass is 323 g/mol. The molecule has 0 unspecified atom stereocenters. The lowest BCUT2D eigenvalue weighted by molar-refractivity contribution is 0.0742. The molecular weight excluding hydrogens is 306 g/mol. The second-order valence-corrected chi connectivity index (χ2v) is 5.39. The number of carbonyl (C=O) groups is 1. The zero-order chi connectivity index (χ0) is 17.1. The van der Waals surface area contributed by atoms with E-state index >= 15 is 0 Å². The van der Waals surface area contributed by atoms with Crippen LogP contribution < -0.4 is 5.56 Å². The Balaban J connectivity index is 1.89. The van der Waals surface area contributed by atoms with Gasteiger partial charge in [-0.1, -0.05) is 12.1 Å². The molecule has 2 aromatic heterocycles. The summed E-state index contributed by atoms with van der Waals surface area (Å²) in [4.78, 5) is 41.6. The number of aryl methyl sites for hydroxylation is 1. The van der Waals surface area contributed by atoms with Gasteiger partial charge in [-0.05, 0) is 26.0 Å². The quantitative estimate of drug-likeness (QED) is 0.789. The van der Waals surface area contributed by atoms with Crippen molar-refractivity contribution < 1.29 is 4.79 Å². The van der Waals surface area contributed by atoms with E-state index in [1.54, 1.807) is 29.3 Å². The first-order valence-electron chi connectivity index (χ1n) is 7.64. The molecule has 0 radical (unpaired) electrons. The summed E-state index contributed by atoms with van der Waals surface area (Å²) >= 11 is 0. The van der Waals surface area contributed by atoms with Gasteiger partial charge < -0.3 is 9.88 Å². The Morgan fingerprint density at radius 1 is 1.21 bits per heavy atom. The second kappa shape index (κ2) is 6.57. The first kappa shape index (κ1) is 15.8. The summed E-state index contributed by atoms with van der Waals surface area (Å²) in [6.45, 7) is 4.33. The molecule has 0 saturated carbocycles. The van der Waals surface area contributed by atoms with Gasteiger partial charge in [-0.15, -0.1) is 0 Å². The number of aromatic amines is 1. The highest BCUT2D eigenvalue weighted by atomic mass is 16.2. The predicted octanol–water partition coefficient (Wildman–Crippen LogP) is 1.68. The van der Waals surface area contributed by atoms with Gasteiger partial charge in [0.15, 0.2) is 0 Å². The number of para-hydroxylation sites is 1. The van der Waals surface area contributed by atoms with Crippen LogP contribution in [0.25, 0.3) is 10.9 Å². The van der Waals surface area contributed by atoms with Gasteiger partial charge in [-0.2, -0.15) is 0 Å². The number of aromatic nitrogens is 4. The van der Waals surface area contributed by atoms with Crippen molar-refractivity contribution >= 4 is 16.8 Å².